The van der Waals surface area contributed by atoms with Crippen LogP contribution >= 0.6 is 11.8 Å². The molecule has 0 aliphatic carbocycles. The molecule has 8 nitrogen and oxygen atoms in total. The molecule has 0 spiro atoms. The Labute approximate surface area is 189 Å². The maximum absolute atomic E-state index is 13.2. The van der Waals surface area contributed by atoms with Gasteiger partial charge in [-0.25, -0.2) is 9.67 Å². The van der Waals surface area contributed by atoms with E-state index in [-0.39, 0.29) is 17.2 Å². The Balaban J connectivity index is 1.65. The normalized spacial score (nSPS) is 11.2. The minimum Gasteiger partial charge on any atom is -0.463 e. The number of anilines is 1. The van der Waals surface area contributed by atoms with Crippen LogP contribution in [0, 0.1) is 0 Å². The van der Waals surface area contributed by atoms with Crippen LogP contribution in [-0.4, -0.2) is 44.9 Å². The van der Waals surface area contributed by atoms with Gasteiger partial charge in [0.25, 0.3) is 11.1 Å². The molecule has 164 valence electrons. The molecule has 2 amide bonds. The van der Waals surface area contributed by atoms with Crippen LogP contribution in [0.1, 0.15) is 30.2 Å². The SMILES string of the molecule is CC(C)n1ncc2c(C(=O)Nc3ccc(SC(=O)N(C)C)cc3)cc(-c3ccco3)nc21. The van der Waals surface area contributed by atoms with E-state index in [4.69, 9.17) is 9.40 Å². The second kappa shape index (κ2) is 8.88. The van der Waals surface area contributed by atoms with Crippen molar-refractivity contribution in [2.75, 3.05) is 19.4 Å². The van der Waals surface area contributed by atoms with Gasteiger partial charge in [0.1, 0.15) is 5.69 Å². The molecule has 1 aromatic carbocycles. The number of furan rings is 1. The lowest BCUT2D eigenvalue weighted by atomic mass is 10.1. The highest BCUT2D eigenvalue weighted by Crippen LogP contribution is 2.28. The van der Waals surface area contributed by atoms with E-state index < -0.39 is 0 Å². The maximum Gasteiger partial charge on any atom is 0.285 e. The number of pyridine rings is 1. The minimum absolute atomic E-state index is 0.0615. The molecule has 0 fully saturated rings. The van der Waals surface area contributed by atoms with Gasteiger partial charge >= 0.3 is 0 Å². The standard InChI is InChI=1S/C23H23N5O3S/c1-14(2)28-21-18(13-24-28)17(12-19(26-21)20-6-5-11-31-20)22(29)25-15-7-9-16(10-8-15)32-23(30)27(3)4/h5-14H,1-4H3,(H,25,29). The lowest BCUT2D eigenvalue weighted by Gasteiger charge is -2.11. The number of amides is 2. The van der Waals surface area contributed by atoms with Gasteiger partial charge in [-0.05, 0) is 68.1 Å². The Morgan fingerprint density at radius 3 is 2.53 bits per heavy atom. The lowest BCUT2D eigenvalue weighted by molar-refractivity contribution is 0.102. The average Bonchev–Trinajstić information content (AvgIpc) is 3.44. The summed E-state index contributed by atoms with van der Waals surface area (Å²) in [4.78, 5) is 32.1. The van der Waals surface area contributed by atoms with Crippen molar-refractivity contribution in [3.05, 3.63) is 60.5 Å². The van der Waals surface area contributed by atoms with Gasteiger partial charge in [-0.1, -0.05) is 0 Å². The molecule has 4 rings (SSSR count). The number of nitrogens with zero attached hydrogens (tertiary/aromatic N) is 4. The molecule has 3 aromatic heterocycles. The van der Waals surface area contributed by atoms with E-state index >= 15 is 0 Å². The van der Waals surface area contributed by atoms with E-state index in [9.17, 15) is 9.59 Å². The fraction of sp³-hybridized carbons (Fsp3) is 0.217. The number of rotatable bonds is 5. The Hall–Kier alpha value is -3.59. The summed E-state index contributed by atoms with van der Waals surface area (Å²) in [5.41, 5.74) is 2.25. The smallest absolute Gasteiger partial charge is 0.285 e. The predicted octanol–water partition coefficient (Wildman–Crippen LogP) is 5.30. The third-order valence-corrected chi connectivity index (χ3v) is 5.80. The summed E-state index contributed by atoms with van der Waals surface area (Å²) in [5, 5.41) is 7.95. The number of aromatic nitrogens is 3. The number of carbonyl (C=O) groups excluding carboxylic acids is 2. The van der Waals surface area contributed by atoms with Gasteiger partial charge < -0.3 is 14.6 Å². The molecule has 0 saturated carbocycles. The quantitative estimate of drug-likeness (QED) is 0.416. The van der Waals surface area contributed by atoms with E-state index in [1.165, 1.54) is 4.90 Å². The molecular weight excluding hydrogens is 426 g/mol. The average molecular weight is 450 g/mol. The summed E-state index contributed by atoms with van der Waals surface area (Å²) in [5.74, 6) is 0.294. The summed E-state index contributed by atoms with van der Waals surface area (Å²) >= 11 is 1.13. The van der Waals surface area contributed by atoms with Gasteiger partial charge in [0.15, 0.2) is 11.4 Å². The highest BCUT2D eigenvalue weighted by atomic mass is 32.2. The van der Waals surface area contributed by atoms with Crippen LogP contribution < -0.4 is 5.32 Å². The molecule has 0 aliphatic rings. The van der Waals surface area contributed by atoms with E-state index in [0.717, 1.165) is 16.7 Å². The topological polar surface area (TPSA) is 93.3 Å². The zero-order valence-corrected chi connectivity index (χ0v) is 19.0. The highest BCUT2D eigenvalue weighted by molar-refractivity contribution is 8.13. The van der Waals surface area contributed by atoms with Crippen LogP contribution in [0.15, 0.2) is 64.2 Å². The molecular formula is C23H23N5O3S. The van der Waals surface area contributed by atoms with E-state index in [0.29, 0.717) is 33.7 Å². The summed E-state index contributed by atoms with van der Waals surface area (Å²) in [7, 11) is 3.41. The van der Waals surface area contributed by atoms with Crippen LogP contribution in [0.2, 0.25) is 0 Å². The summed E-state index contributed by atoms with van der Waals surface area (Å²) in [6.45, 7) is 4.02. The summed E-state index contributed by atoms with van der Waals surface area (Å²) in [6, 6.07) is 12.5. The molecule has 3 heterocycles. The number of carbonyl (C=O) groups is 2. The first-order valence-electron chi connectivity index (χ1n) is 10.1. The lowest BCUT2D eigenvalue weighted by Crippen LogP contribution is -2.16. The maximum atomic E-state index is 13.2. The van der Waals surface area contributed by atoms with Crippen LogP contribution in [0.25, 0.3) is 22.5 Å². The molecule has 0 atom stereocenters. The largest absolute Gasteiger partial charge is 0.463 e. The number of nitrogens with one attached hydrogen (secondary N) is 1. The van der Waals surface area contributed by atoms with Crippen molar-refractivity contribution in [1.82, 2.24) is 19.7 Å². The highest BCUT2D eigenvalue weighted by Gasteiger charge is 2.19. The Morgan fingerprint density at radius 1 is 1.16 bits per heavy atom. The van der Waals surface area contributed by atoms with Crippen molar-refractivity contribution < 1.29 is 14.0 Å². The van der Waals surface area contributed by atoms with Crippen LogP contribution in [0.5, 0.6) is 0 Å². The molecule has 0 bridgehead atoms. The van der Waals surface area contributed by atoms with E-state index in [1.807, 2.05) is 13.8 Å². The first-order valence-corrected chi connectivity index (χ1v) is 10.9. The molecule has 0 aliphatic heterocycles. The third kappa shape index (κ3) is 4.38. The second-order valence-corrected chi connectivity index (χ2v) is 8.72. The van der Waals surface area contributed by atoms with Crippen molar-refractivity contribution in [1.29, 1.82) is 0 Å². The molecule has 1 N–H and O–H groups in total. The molecule has 9 heteroatoms. The van der Waals surface area contributed by atoms with Gasteiger partial charge in [-0.2, -0.15) is 5.10 Å². The number of benzene rings is 1. The number of thioether (sulfide) groups is 1. The van der Waals surface area contributed by atoms with Crippen LogP contribution in [-0.2, 0) is 0 Å². The number of hydrogen-bond acceptors (Lipinski definition) is 6. The van der Waals surface area contributed by atoms with Crippen molar-refractivity contribution in [3.8, 4) is 11.5 Å². The predicted molar refractivity (Wildman–Crippen MR) is 125 cm³/mol. The first kappa shape index (κ1) is 21.6. The van der Waals surface area contributed by atoms with E-state index in [2.05, 4.69) is 10.4 Å². The molecule has 0 unspecified atom stereocenters. The van der Waals surface area contributed by atoms with Gasteiger partial charge in [0, 0.05) is 30.7 Å². The van der Waals surface area contributed by atoms with Gasteiger partial charge in [0.05, 0.1) is 23.4 Å². The first-order chi connectivity index (χ1) is 15.3. The number of fused-ring (bicyclic) bond motifs is 1. The van der Waals surface area contributed by atoms with Gasteiger partial charge in [0.2, 0.25) is 0 Å². The van der Waals surface area contributed by atoms with Crippen LogP contribution in [0.3, 0.4) is 0 Å². The van der Waals surface area contributed by atoms with Crippen molar-refractivity contribution >= 4 is 39.6 Å². The van der Waals surface area contributed by atoms with Crippen molar-refractivity contribution in [2.45, 2.75) is 24.8 Å². The fourth-order valence-corrected chi connectivity index (χ4v) is 3.79. The van der Waals surface area contributed by atoms with Crippen molar-refractivity contribution in [2.24, 2.45) is 0 Å². The Morgan fingerprint density at radius 2 is 1.91 bits per heavy atom. The van der Waals surface area contributed by atoms with Gasteiger partial charge in [-0.3, -0.25) is 9.59 Å². The molecule has 0 radical (unpaired) electrons. The zero-order valence-electron chi connectivity index (χ0n) is 18.2. The van der Waals surface area contributed by atoms with Crippen LogP contribution in [0.4, 0.5) is 10.5 Å². The molecule has 0 saturated heterocycles. The fourth-order valence-electron chi connectivity index (χ4n) is 3.13. The second-order valence-electron chi connectivity index (χ2n) is 7.69. The molecule has 32 heavy (non-hydrogen) atoms. The Kier molecular flexibility index (Phi) is 6.00. The van der Waals surface area contributed by atoms with Gasteiger partial charge in [-0.15, -0.1) is 0 Å². The monoisotopic (exact) mass is 449 g/mol. The van der Waals surface area contributed by atoms with E-state index in [1.54, 1.807) is 73.7 Å². The number of hydrogen-bond donors (Lipinski definition) is 1. The Bertz CT molecular complexity index is 1260. The summed E-state index contributed by atoms with van der Waals surface area (Å²) < 4.78 is 7.29. The zero-order chi connectivity index (χ0) is 22.8. The molecule has 4 aromatic rings. The summed E-state index contributed by atoms with van der Waals surface area (Å²) in [6.07, 6.45) is 3.23. The van der Waals surface area contributed by atoms with Crippen molar-refractivity contribution in [3.63, 3.8) is 0 Å². The third-order valence-electron chi connectivity index (χ3n) is 4.76. The minimum atomic E-state index is -0.279.